The molecule has 0 fully saturated rings. The van der Waals surface area contributed by atoms with Crippen LogP contribution in [0.5, 0.6) is 5.75 Å². The van der Waals surface area contributed by atoms with Crippen molar-refractivity contribution in [3.8, 4) is 5.75 Å². The Labute approximate surface area is 124 Å². The van der Waals surface area contributed by atoms with E-state index in [1.165, 1.54) is 29.5 Å². The summed E-state index contributed by atoms with van der Waals surface area (Å²) in [5, 5.41) is 3.16. The zero-order chi connectivity index (χ0) is 15.2. The van der Waals surface area contributed by atoms with Crippen molar-refractivity contribution in [2.24, 2.45) is 0 Å². The molecule has 1 heterocycles. The number of halogens is 2. The van der Waals surface area contributed by atoms with Gasteiger partial charge in [0.15, 0.2) is 5.13 Å². The van der Waals surface area contributed by atoms with Gasteiger partial charge >= 0.3 is 6.61 Å². The first kappa shape index (κ1) is 15.1. The molecule has 110 valence electrons. The highest BCUT2D eigenvalue weighted by molar-refractivity contribution is 7.15. The normalized spacial score (nSPS) is 11.0. The van der Waals surface area contributed by atoms with Crippen LogP contribution in [0.2, 0.25) is 0 Å². The Morgan fingerprint density at radius 2 is 2.10 bits per heavy atom. The first-order valence-electron chi connectivity index (χ1n) is 5.99. The Hall–Kier alpha value is -2.28. The van der Waals surface area contributed by atoms with Gasteiger partial charge in [0.25, 0.3) is 0 Å². The standard InChI is InChI=1S/C14H12F2N2O2S/c1-9-8-17-14(21-9)18-12(19)7-4-10-2-5-11(6-3-10)20-13(15)16/h2-8,13H,1H3,(H,17,18,19)/b7-4+. The van der Waals surface area contributed by atoms with E-state index in [9.17, 15) is 13.6 Å². The minimum atomic E-state index is -2.85. The number of alkyl halides is 2. The van der Waals surface area contributed by atoms with Gasteiger partial charge in [-0.15, -0.1) is 11.3 Å². The van der Waals surface area contributed by atoms with Crippen molar-refractivity contribution in [3.05, 3.63) is 47.0 Å². The van der Waals surface area contributed by atoms with Crippen molar-refractivity contribution in [2.75, 3.05) is 5.32 Å². The number of nitrogens with zero attached hydrogens (tertiary/aromatic N) is 1. The number of aromatic nitrogens is 1. The van der Waals surface area contributed by atoms with E-state index in [0.29, 0.717) is 10.7 Å². The van der Waals surface area contributed by atoms with Gasteiger partial charge in [0.2, 0.25) is 5.91 Å². The third-order valence-corrected chi connectivity index (χ3v) is 3.21. The van der Waals surface area contributed by atoms with Crippen LogP contribution in [0.15, 0.2) is 36.5 Å². The van der Waals surface area contributed by atoms with Crippen LogP contribution in [0.3, 0.4) is 0 Å². The number of benzene rings is 1. The maximum Gasteiger partial charge on any atom is 0.387 e. The molecule has 21 heavy (non-hydrogen) atoms. The number of rotatable bonds is 5. The van der Waals surface area contributed by atoms with Crippen LogP contribution in [0.4, 0.5) is 13.9 Å². The lowest BCUT2D eigenvalue weighted by atomic mass is 10.2. The molecule has 0 spiro atoms. The molecule has 0 aliphatic rings. The van der Waals surface area contributed by atoms with Crippen LogP contribution in [0, 0.1) is 6.92 Å². The maximum absolute atomic E-state index is 12.0. The molecule has 0 atom stereocenters. The second kappa shape index (κ2) is 6.94. The minimum absolute atomic E-state index is 0.0739. The van der Waals surface area contributed by atoms with Gasteiger partial charge in [-0.3, -0.25) is 10.1 Å². The molecule has 7 heteroatoms. The highest BCUT2D eigenvalue weighted by Gasteiger charge is 2.04. The summed E-state index contributed by atoms with van der Waals surface area (Å²) in [5.41, 5.74) is 0.696. The number of hydrogen-bond acceptors (Lipinski definition) is 4. The monoisotopic (exact) mass is 310 g/mol. The first-order valence-corrected chi connectivity index (χ1v) is 6.81. The molecule has 0 unspecified atom stereocenters. The molecule has 1 N–H and O–H groups in total. The number of ether oxygens (including phenoxy) is 1. The molecule has 1 aromatic heterocycles. The number of nitrogens with one attached hydrogen (secondary N) is 1. The molecule has 0 aliphatic carbocycles. The van der Waals surface area contributed by atoms with Gasteiger partial charge in [0, 0.05) is 17.2 Å². The van der Waals surface area contributed by atoms with E-state index >= 15 is 0 Å². The van der Waals surface area contributed by atoms with Crippen LogP contribution in [-0.4, -0.2) is 17.5 Å². The van der Waals surface area contributed by atoms with Crippen LogP contribution < -0.4 is 10.1 Å². The Kier molecular flexibility index (Phi) is 4.99. The van der Waals surface area contributed by atoms with Gasteiger partial charge in [-0.1, -0.05) is 12.1 Å². The summed E-state index contributed by atoms with van der Waals surface area (Å²) < 4.78 is 28.2. The summed E-state index contributed by atoms with van der Waals surface area (Å²) in [6.45, 7) is -0.953. The molecule has 0 bridgehead atoms. The summed E-state index contributed by atoms with van der Waals surface area (Å²) in [6.07, 6.45) is 4.59. The number of hydrogen-bond donors (Lipinski definition) is 1. The summed E-state index contributed by atoms with van der Waals surface area (Å²) >= 11 is 1.38. The van der Waals surface area contributed by atoms with Crippen molar-refractivity contribution in [1.82, 2.24) is 4.98 Å². The van der Waals surface area contributed by atoms with Gasteiger partial charge < -0.3 is 4.74 Å². The van der Waals surface area contributed by atoms with E-state index in [4.69, 9.17) is 0 Å². The van der Waals surface area contributed by atoms with E-state index in [2.05, 4.69) is 15.0 Å². The van der Waals surface area contributed by atoms with Gasteiger partial charge in [-0.05, 0) is 30.7 Å². The molecule has 4 nitrogen and oxygen atoms in total. The van der Waals surface area contributed by atoms with Gasteiger partial charge in [-0.2, -0.15) is 8.78 Å². The topological polar surface area (TPSA) is 51.2 Å². The van der Waals surface area contributed by atoms with E-state index in [1.807, 2.05) is 6.92 Å². The van der Waals surface area contributed by atoms with Gasteiger partial charge in [0.05, 0.1) is 0 Å². The second-order valence-corrected chi connectivity index (χ2v) is 5.28. The number of carbonyl (C=O) groups excluding carboxylic acids is 1. The van der Waals surface area contributed by atoms with Crippen molar-refractivity contribution >= 4 is 28.5 Å². The van der Waals surface area contributed by atoms with E-state index in [-0.39, 0.29) is 11.7 Å². The predicted molar refractivity (Wildman–Crippen MR) is 77.6 cm³/mol. The zero-order valence-corrected chi connectivity index (χ0v) is 11.9. The smallest absolute Gasteiger partial charge is 0.387 e. The molecule has 0 saturated heterocycles. The largest absolute Gasteiger partial charge is 0.435 e. The van der Waals surface area contributed by atoms with Crippen molar-refractivity contribution < 1.29 is 18.3 Å². The number of anilines is 1. The molecule has 2 rings (SSSR count). The fourth-order valence-corrected chi connectivity index (χ4v) is 2.16. The van der Waals surface area contributed by atoms with E-state index in [0.717, 1.165) is 4.88 Å². The second-order valence-electron chi connectivity index (χ2n) is 4.05. The number of amides is 1. The van der Waals surface area contributed by atoms with E-state index < -0.39 is 6.61 Å². The SMILES string of the molecule is Cc1cnc(NC(=O)/C=C/c2ccc(OC(F)F)cc2)s1. The van der Waals surface area contributed by atoms with Gasteiger partial charge in [-0.25, -0.2) is 4.98 Å². The molecule has 2 aromatic rings. The summed E-state index contributed by atoms with van der Waals surface area (Å²) in [4.78, 5) is 16.7. The Bertz CT molecular complexity index is 639. The molecule has 0 saturated carbocycles. The van der Waals surface area contributed by atoms with Crippen molar-refractivity contribution in [1.29, 1.82) is 0 Å². The van der Waals surface area contributed by atoms with Crippen molar-refractivity contribution in [3.63, 3.8) is 0 Å². The van der Waals surface area contributed by atoms with Crippen LogP contribution >= 0.6 is 11.3 Å². The third-order valence-electron chi connectivity index (χ3n) is 2.38. The van der Waals surface area contributed by atoms with Gasteiger partial charge in [0.1, 0.15) is 5.75 Å². The highest BCUT2D eigenvalue weighted by atomic mass is 32.1. The zero-order valence-electron chi connectivity index (χ0n) is 11.0. The maximum atomic E-state index is 12.0. The quantitative estimate of drug-likeness (QED) is 0.857. The lowest BCUT2D eigenvalue weighted by Gasteiger charge is -2.03. The molecule has 1 amide bonds. The lowest BCUT2D eigenvalue weighted by molar-refractivity contribution is -0.111. The lowest BCUT2D eigenvalue weighted by Crippen LogP contribution is -2.07. The molecule has 0 aliphatic heterocycles. The van der Waals surface area contributed by atoms with Crippen molar-refractivity contribution in [2.45, 2.75) is 13.5 Å². The van der Waals surface area contributed by atoms with Crippen LogP contribution in [0.25, 0.3) is 6.08 Å². The number of aryl methyl sites for hydroxylation is 1. The number of carbonyl (C=O) groups is 1. The third kappa shape index (κ3) is 4.96. The molecular formula is C14H12F2N2O2S. The predicted octanol–water partition coefficient (Wildman–Crippen LogP) is 3.70. The summed E-state index contributed by atoms with van der Waals surface area (Å²) in [6, 6.07) is 5.98. The van der Waals surface area contributed by atoms with E-state index in [1.54, 1.807) is 24.4 Å². The average molecular weight is 310 g/mol. The Morgan fingerprint density at radius 1 is 1.38 bits per heavy atom. The average Bonchev–Trinajstić information content (AvgIpc) is 2.83. The first-order chi connectivity index (χ1) is 10.0. The summed E-state index contributed by atoms with van der Waals surface area (Å²) in [5.74, 6) is -0.234. The minimum Gasteiger partial charge on any atom is -0.435 e. The van der Waals surface area contributed by atoms with Crippen LogP contribution in [0.1, 0.15) is 10.4 Å². The Morgan fingerprint density at radius 3 is 2.67 bits per heavy atom. The number of thiazole rings is 1. The fraction of sp³-hybridized carbons (Fsp3) is 0.143. The molecule has 1 aromatic carbocycles. The highest BCUT2D eigenvalue weighted by Crippen LogP contribution is 2.17. The fourth-order valence-electron chi connectivity index (χ4n) is 1.49. The van der Waals surface area contributed by atoms with Crippen LogP contribution in [-0.2, 0) is 4.79 Å². The molecule has 0 radical (unpaired) electrons. The molecular weight excluding hydrogens is 298 g/mol. The Balaban J connectivity index is 1.92. The summed E-state index contributed by atoms with van der Waals surface area (Å²) in [7, 11) is 0.